The number of hydrogen-bond acceptors (Lipinski definition) is 22. The van der Waals surface area contributed by atoms with E-state index in [1.54, 1.807) is 19.9 Å². The molecule has 12 N–H and O–H groups in total. The molecule has 4 saturated carbocycles. The minimum atomic E-state index is -1.85. The van der Waals surface area contributed by atoms with Crippen molar-refractivity contribution in [3.8, 4) is 0 Å². The minimum absolute atomic E-state index is 0.0105. The van der Waals surface area contributed by atoms with E-state index in [0.717, 1.165) is 0 Å². The molecule has 3 heterocycles. The summed E-state index contributed by atoms with van der Waals surface area (Å²) in [5.41, 5.74) is -5.62. The Morgan fingerprint density at radius 2 is 1.27 bits per heavy atom. The van der Waals surface area contributed by atoms with Gasteiger partial charge in [0.2, 0.25) is 6.29 Å². The number of carbonyl (C=O) groups is 3. The maximum Gasteiger partial charge on any atom is 0.315 e. The van der Waals surface area contributed by atoms with Crippen molar-refractivity contribution in [2.75, 3.05) is 33.5 Å². The number of hydrogen-bond donors (Lipinski definition) is 12. The topological polar surface area (TPSA) is 359 Å². The number of aliphatic hydroxyl groups excluding tert-OH is 12. The zero-order valence-electron chi connectivity index (χ0n) is 40.5. The van der Waals surface area contributed by atoms with Gasteiger partial charge in [0.15, 0.2) is 18.4 Å². The van der Waals surface area contributed by atoms with Crippen molar-refractivity contribution < 1.29 is 109 Å². The van der Waals surface area contributed by atoms with Crippen LogP contribution < -0.4 is 0 Å². The third-order valence-electron chi connectivity index (χ3n) is 19.2. The lowest BCUT2D eigenvalue weighted by Crippen LogP contribution is -2.71. The Balaban J connectivity index is 1.06. The second-order valence-electron chi connectivity index (χ2n) is 22.9. The van der Waals surface area contributed by atoms with Gasteiger partial charge in [-0.25, -0.2) is 0 Å². The standard InChI is InChI=1S/C48H74O22/c1-43(41(62)64-6)9-11-48(42(63)70-40-35(61)32(58)29(55)25(17-50)67-40)12-10-46(4)20(21(48)14-43)13-22(52)36-44(2)15-23(53)37(45(3,19-51)27(44)7-8-47(36,46)5)69-38-33(59)30(56)26(18-65-38)68-39-34(60)31(57)28(54)24(16-49)66-39/h13,21,23-40,49-51,53-61H,7-12,14-19H2,1-6H3/t21-,23-,24+,25-,26-,27-,28-,29-,30-,31-,32-,33-,34+,35-,36+,37-,38+,39-,40+,43+,44-,45-,46+,47-,48-/m0/s1. The summed E-state index contributed by atoms with van der Waals surface area (Å²) in [5.74, 6) is -3.52. The second-order valence-corrected chi connectivity index (χ2v) is 22.9. The normalized spacial score (nSPS) is 53.6. The zero-order chi connectivity index (χ0) is 51.4. The summed E-state index contributed by atoms with van der Waals surface area (Å²) in [6.45, 7) is 7.13. The average molecular weight is 1000 g/mol. The molecule has 3 aliphatic heterocycles. The van der Waals surface area contributed by atoms with E-state index in [0.29, 0.717) is 24.8 Å². The first-order valence-electron chi connectivity index (χ1n) is 24.5. The number of esters is 2. The highest BCUT2D eigenvalue weighted by Gasteiger charge is 2.73. The van der Waals surface area contributed by atoms with Crippen molar-refractivity contribution in [1.82, 2.24) is 0 Å². The molecule has 22 heteroatoms. The molecule has 7 fully saturated rings. The van der Waals surface area contributed by atoms with Gasteiger partial charge in [0.1, 0.15) is 67.1 Å². The van der Waals surface area contributed by atoms with Crippen molar-refractivity contribution in [2.24, 2.45) is 50.2 Å². The van der Waals surface area contributed by atoms with E-state index in [9.17, 15) is 70.9 Å². The first-order chi connectivity index (χ1) is 32.8. The first-order valence-corrected chi connectivity index (χ1v) is 24.5. The van der Waals surface area contributed by atoms with Crippen LogP contribution >= 0.6 is 0 Å². The number of fused-ring (bicyclic) bond motifs is 7. The molecule has 0 unspecified atom stereocenters. The summed E-state index contributed by atoms with van der Waals surface area (Å²) in [6, 6.07) is 0. The van der Waals surface area contributed by atoms with Crippen molar-refractivity contribution in [3.63, 3.8) is 0 Å². The van der Waals surface area contributed by atoms with E-state index >= 15 is 4.79 Å². The van der Waals surface area contributed by atoms with Crippen LogP contribution in [0.1, 0.15) is 86.0 Å². The predicted octanol–water partition coefficient (Wildman–Crippen LogP) is -2.95. The molecule has 22 nitrogen and oxygen atoms in total. The molecule has 0 radical (unpaired) electrons. The Morgan fingerprint density at radius 3 is 1.87 bits per heavy atom. The number of carbonyl (C=O) groups excluding carboxylic acids is 3. The van der Waals surface area contributed by atoms with E-state index < -0.39 is 187 Å². The molecular weight excluding hydrogens is 929 g/mol. The van der Waals surface area contributed by atoms with Crippen molar-refractivity contribution in [3.05, 3.63) is 11.6 Å². The number of aliphatic hydroxyl groups is 12. The van der Waals surface area contributed by atoms with Gasteiger partial charge in [0, 0.05) is 11.3 Å². The molecular formula is C48H74O22. The van der Waals surface area contributed by atoms with Crippen LogP contribution in [0.25, 0.3) is 0 Å². The number of methoxy groups -OCH3 is 1. The maximum atomic E-state index is 15.3. The number of ether oxygens (including phenoxy) is 7. The largest absolute Gasteiger partial charge is 0.469 e. The Labute approximate surface area is 405 Å². The van der Waals surface area contributed by atoms with Gasteiger partial charge in [0.25, 0.3) is 0 Å². The van der Waals surface area contributed by atoms with E-state index in [4.69, 9.17) is 33.2 Å². The molecule has 0 aromatic heterocycles. The van der Waals surface area contributed by atoms with Crippen LogP contribution in [0.2, 0.25) is 0 Å². The lowest BCUT2D eigenvalue weighted by molar-refractivity contribution is -0.357. The molecule has 25 atom stereocenters. The third-order valence-corrected chi connectivity index (χ3v) is 19.2. The van der Waals surface area contributed by atoms with Gasteiger partial charge in [-0.15, -0.1) is 0 Å². The highest BCUT2D eigenvalue weighted by atomic mass is 16.7. The van der Waals surface area contributed by atoms with Gasteiger partial charge in [-0.05, 0) is 92.4 Å². The van der Waals surface area contributed by atoms with Gasteiger partial charge in [-0.1, -0.05) is 33.3 Å². The van der Waals surface area contributed by atoms with E-state index in [-0.39, 0.29) is 37.9 Å². The summed E-state index contributed by atoms with van der Waals surface area (Å²) < 4.78 is 40.0. The molecule has 8 rings (SSSR count). The number of allylic oxidation sites excluding steroid dienone is 2. The summed E-state index contributed by atoms with van der Waals surface area (Å²) in [5, 5.41) is 128. The summed E-state index contributed by atoms with van der Waals surface area (Å²) in [6.07, 6.45) is -22.0. The fourth-order valence-electron chi connectivity index (χ4n) is 15.0. The van der Waals surface area contributed by atoms with Gasteiger partial charge >= 0.3 is 11.9 Å². The van der Waals surface area contributed by atoms with Crippen LogP contribution in [-0.2, 0) is 47.5 Å². The summed E-state index contributed by atoms with van der Waals surface area (Å²) >= 11 is 0. The fourth-order valence-corrected chi connectivity index (χ4v) is 15.0. The third kappa shape index (κ3) is 8.05. The average Bonchev–Trinajstić information content (AvgIpc) is 3.32. The second kappa shape index (κ2) is 19.1. The molecule has 398 valence electrons. The summed E-state index contributed by atoms with van der Waals surface area (Å²) in [4.78, 5) is 43.6. The lowest BCUT2D eigenvalue weighted by Gasteiger charge is -2.71. The molecule has 0 bridgehead atoms. The number of ketones is 1. The highest BCUT2D eigenvalue weighted by Crippen LogP contribution is 2.75. The van der Waals surface area contributed by atoms with Crippen LogP contribution in [0.15, 0.2) is 11.6 Å². The molecule has 0 spiro atoms. The van der Waals surface area contributed by atoms with Gasteiger partial charge < -0.3 is 94.4 Å². The summed E-state index contributed by atoms with van der Waals surface area (Å²) in [7, 11) is 1.28. The van der Waals surface area contributed by atoms with Crippen LogP contribution in [0.3, 0.4) is 0 Å². The van der Waals surface area contributed by atoms with Crippen molar-refractivity contribution in [1.29, 1.82) is 0 Å². The Hall–Kier alpha value is -2.33. The Kier molecular flexibility index (Phi) is 14.7. The predicted molar refractivity (Wildman–Crippen MR) is 234 cm³/mol. The monoisotopic (exact) mass is 1000 g/mol. The smallest absolute Gasteiger partial charge is 0.315 e. The molecule has 0 amide bonds. The number of rotatable bonds is 10. The molecule has 0 aromatic rings. The van der Waals surface area contributed by atoms with Crippen molar-refractivity contribution in [2.45, 2.75) is 184 Å². The van der Waals surface area contributed by atoms with E-state index in [1.807, 2.05) is 13.8 Å². The molecule has 8 aliphatic rings. The van der Waals surface area contributed by atoms with Crippen LogP contribution in [-0.4, -0.2) is 211 Å². The molecule has 3 saturated heterocycles. The highest BCUT2D eigenvalue weighted by molar-refractivity contribution is 5.96. The van der Waals surface area contributed by atoms with Gasteiger partial charge in [-0.2, -0.15) is 0 Å². The maximum absolute atomic E-state index is 15.3. The molecule has 0 aromatic carbocycles. The van der Waals surface area contributed by atoms with Crippen molar-refractivity contribution >= 4 is 17.7 Å². The first kappa shape index (κ1) is 53.9. The van der Waals surface area contributed by atoms with Crippen LogP contribution in [0.4, 0.5) is 0 Å². The minimum Gasteiger partial charge on any atom is -0.469 e. The van der Waals surface area contributed by atoms with E-state index in [2.05, 4.69) is 6.92 Å². The molecule has 70 heavy (non-hydrogen) atoms. The zero-order valence-corrected chi connectivity index (χ0v) is 40.5. The van der Waals surface area contributed by atoms with Crippen LogP contribution in [0, 0.1) is 50.2 Å². The van der Waals surface area contributed by atoms with Gasteiger partial charge in [0.05, 0.1) is 56.6 Å². The lowest BCUT2D eigenvalue weighted by atomic mass is 9.33. The van der Waals surface area contributed by atoms with E-state index in [1.165, 1.54) is 7.11 Å². The molecule has 5 aliphatic carbocycles. The van der Waals surface area contributed by atoms with Gasteiger partial charge in [-0.3, -0.25) is 14.4 Å². The fraction of sp³-hybridized carbons (Fsp3) is 0.896. The Morgan fingerprint density at radius 1 is 0.686 bits per heavy atom. The Bertz CT molecular complexity index is 2000. The quantitative estimate of drug-likeness (QED) is 0.0769. The van der Waals surface area contributed by atoms with Crippen LogP contribution in [0.5, 0.6) is 0 Å². The SMILES string of the molecule is COC(=O)[C@]1(C)CC[C@]2(C(=O)O[C@H]3O[C@@H](CO)[C@H](O)[C@H](O)[C@@H]3O)CC[C@]3(C)C(=CC(=O)[C@@H]4[C@@]5(C)C[C@H](O)[C@H](O[C@H]6OC[C@H](O[C@@H]7O[C@H](CO)[C@H](O)[C@H](O)[C@H]7O)[C@H](O)[C@@H]6O)[C@@](C)(CO)[C@H]5CC[C@@]43C)[C@@H]2C1.